The molecule has 0 atom stereocenters. The third kappa shape index (κ3) is 17.1. The monoisotopic (exact) mass is 961 g/mol. The van der Waals surface area contributed by atoms with Gasteiger partial charge in [-0.1, -0.05) is 0 Å². The standard InChI is InChI=1S/C60H72N12/c1-55(2)37-61-25-43-13-44-15-45(14-43)27-63-39-58(7,8)70-34-52-22-53-24-54(23-52)36-72-60(11,12)42-66-30-48-19-50(32-68-56(3,4)38-62-26-44)21-51(20-48)33-69-57(5,6)40-64-28-46-16-47(18-49(17-46)31-67-55)29-65-41-59(9,10)71-35-53/h13-36H,37-42H2,1-12H3. The summed E-state index contributed by atoms with van der Waals surface area (Å²) < 4.78 is 0. The van der Waals surface area contributed by atoms with Crippen LogP contribution >= 0.6 is 0 Å². The second-order valence-corrected chi connectivity index (χ2v) is 23.0. The van der Waals surface area contributed by atoms with Crippen molar-refractivity contribution < 1.29 is 0 Å². The minimum absolute atomic E-state index is 0.464. The first-order chi connectivity index (χ1) is 33.9. The van der Waals surface area contributed by atoms with Crippen LogP contribution in [0.3, 0.4) is 0 Å². The second kappa shape index (κ2) is 22.1. The number of benzene rings is 4. The van der Waals surface area contributed by atoms with E-state index in [1.807, 2.05) is 74.6 Å². The summed E-state index contributed by atoms with van der Waals surface area (Å²) in [6.45, 7) is 27.9. The summed E-state index contributed by atoms with van der Waals surface area (Å²) in [6, 6.07) is 25.2. The Balaban J connectivity index is 1.46. The van der Waals surface area contributed by atoms with Gasteiger partial charge in [-0.25, -0.2) is 0 Å². The van der Waals surface area contributed by atoms with Gasteiger partial charge in [-0.15, -0.1) is 0 Å². The van der Waals surface area contributed by atoms with Crippen LogP contribution in [0.2, 0.25) is 0 Å². The Kier molecular flexibility index (Phi) is 16.2. The molecular formula is C60H72N12. The van der Waals surface area contributed by atoms with E-state index in [1.54, 1.807) is 0 Å². The molecule has 8 rings (SSSR count). The molecule has 0 aromatic heterocycles. The molecule has 0 fully saturated rings. The molecule has 0 aliphatic carbocycles. The Morgan fingerprint density at radius 2 is 0.306 bits per heavy atom. The Hall–Kier alpha value is -7.08. The van der Waals surface area contributed by atoms with E-state index in [0.717, 1.165) is 66.8 Å². The molecule has 12 heteroatoms. The smallest absolute Gasteiger partial charge is 0.0746 e. The first kappa shape index (κ1) is 52.7. The van der Waals surface area contributed by atoms with E-state index in [2.05, 4.69) is 156 Å². The van der Waals surface area contributed by atoms with Gasteiger partial charge in [0, 0.05) is 74.6 Å². The van der Waals surface area contributed by atoms with Gasteiger partial charge in [-0.3, -0.25) is 59.9 Å². The molecule has 0 N–H and O–H groups in total. The number of hydrogen-bond donors (Lipinski definition) is 0. The van der Waals surface area contributed by atoms with Gasteiger partial charge in [-0.05, 0) is 223 Å². The van der Waals surface area contributed by atoms with Crippen LogP contribution < -0.4 is 0 Å². The summed E-state index contributed by atoms with van der Waals surface area (Å²) in [5.74, 6) is 0. The van der Waals surface area contributed by atoms with E-state index >= 15 is 0 Å². The van der Waals surface area contributed by atoms with Crippen LogP contribution in [-0.4, -0.2) is 147 Å². The molecule has 12 bridgehead atoms. The Morgan fingerprint density at radius 3 is 0.431 bits per heavy atom. The molecule has 0 amide bonds. The van der Waals surface area contributed by atoms with Crippen LogP contribution in [0.1, 0.15) is 150 Å². The van der Waals surface area contributed by atoms with E-state index in [9.17, 15) is 0 Å². The summed E-state index contributed by atoms with van der Waals surface area (Å²) >= 11 is 0. The van der Waals surface area contributed by atoms with Crippen LogP contribution in [0.5, 0.6) is 0 Å². The topological polar surface area (TPSA) is 148 Å². The van der Waals surface area contributed by atoms with Crippen molar-refractivity contribution in [3.8, 4) is 0 Å². The fourth-order valence-electron chi connectivity index (χ4n) is 7.69. The van der Waals surface area contributed by atoms with E-state index in [0.29, 0.717) is 39.3 Å². The molecule has 4 aromatic rings. The lowest BCUT2D eigenvalue weighted by atomic mass is 10.0. The summed E-state index contributed by atoms with van der Waals surface area (Å²) in [5.41, 5.74) is 8.16. The predicted molar refractivity (Wildman–Crippen MR) is 311 cm³/mol. The van der Waals surface area contributed by atoms with Crippen molar-refractivity contribution in [3.05, 3.63) is 140 Å². The summed E-state index contributed by atoms with van der Waals surface area (Å²) in [5, 5.41) is 0. The number of rotatable bonds is 0. The number of nitrogens with zero attached hydrogens (tertiary/aromatic N) is 12. The van der Waals surface area contributed by atoms with Crippen molar-refractivity contribution in [1.82, 2.24) is 0 Å². The normalized spacial score (nSPS) is 20.2. The van der Waals surface area contributed by atoms with Crippen LogP contribution in [0.4, 0.5) is 0 Å². The van der Waals surface area contributed by atoms with Crippen LogP contribution in [0.15, 0.2) is 133 Å². The lowest BCUT2D eigenvalue weighted by molar-refractivity contribution is 0.540. The molecule has 4 heterocycles. The SMILES string of the molecule is CC1(C)CN=Cc2cc3cc(c2)C=NCC(C)(C)N=Cc2cc4cc(c2)C=NC(C)(C)CN=Cc2cc(cc(c2)C=NC(C)(C)CN=Cc2cc(cc(c2)C=N1)C=NCC(C)(C)N=C4)C=NC(C)(C)CN=C3. The van der Waals surface area contributed by atoms with Crippen molar-refractivity contribution in [2.24, 2.45) is 59.9 Å². The van der Waals surface area contributed by atoms with Gasteiger partial charge in [0.1, 0.15) is 0 Å². The van der Waals surface area contributed by atoms with Crippen LogP contribution in [0, 0.1) is 0 Å². The average Bonchev–Trinajstić information content (AvgIpc) is 3.29. The zero-order valence-corrected chi connectivity index (χ0v) is 44.5. The highest BCUT2D eigenvalue weighted by molar-refractivity contribution is 5.95. The maximum Gasteiger partial charge on any atom is 0.0746 e. The van der Waals surface area contributed by atoms with E-state index in [4.69, 9.17) is 59.9 Å². The van der Waals surface area contributed by atoms with Crippen molar-refractivity contribution in [3.63, 3.8) is 0 Å². The van der Waals surface area contributed by atoms with Gasteiger partial charge < -0.3 is 0 Å². The summed E-state index contributed by atoms with van der Waals surface area (Å²) in [7, 11) is 0. The third-order valence-electron chi connectivity index (χ3n) is 11.7. The van der Waals surface area contributed by atoms with Crippen molar-refractivity contribution in [2.45, 2.75) is 116 Å². The average molecular weight is 961 g/mol. The van der Waals surface area contributed by atoms with Crippen molar-refractivity contribution >= 4 is 74.6 Å². The highest BCUT2D eigenvalue weighted by Gasteiger charge is 2.20. The zero-order chi connectivity index (χ0) is 51.6. The second-order valence-electron chi connectivity index (χ2n) is 23.0. The maximum atomic E-state index is 5.09. The molecule has 0 saturated carbocycles. The fraction of sp³-hybridized carbons (Fsp3) is 0.400. The molecular weight excluding hydrogens is 889 g/mol. The molecule has 4 aliphatic rings. The first-order valence-electron chi connectivity index (χ1n) is 24.9. The van der Waals surface area contributed by atoms with Gasteiger partial charge in [-0.2, -0.15) is 0 Å². The Bertz CT molecular complexity index is 2980. The largest absolute Gasteiger partial charge is 0.290 e. The lowest BCUT2D eigenvalue weighted by Gasteiger charge is -2.18. The van der Waals surface area contributed by atoms with Gasteiger partial charge in [0.15, 0.2) is 0 Å². The number of hydrogen-bond acceptors (Lipinski definition) is 12. The number of fused-ring (bicyclic) bond motifs is 18. The predicted octanol–water partition coefficient (Wildman–Crippen LogP) is 10.5. The van der Waals surface area contributed by atoms with Crippen molar-refractivity contribution in [1.29, 1.82) is 0 Å². The van der Waals surface area contributed by atoms with Crippen molar-refractivity contribution in [2.75, 3.05) is 39.3 Å². The molecule has 0 saturated heterocycles. The van der Waals surface area contributed by atoms with Gasteiger partial charge in [0.2, 0.25) is 0 Å². The molecule has 0 spiro atoms. The third-order valence-corrected chi connectivity index (χ3v) is 11.7. The quantitative estimate of drug-likeness (QED) is 0.165. The van der Waals surface area contributed by atoms with Gasteiger partial charge >= 0.3 is 0 Å². The lowest BCUT2D eigenvalue weighted by Crippen LogP contribution is -2.22. The summed E-state index contributed by atoms with van der Waals surface area (Å²) in [4.78, 5) is 60.1. The number of aliphatic imine (C=N–C) groups is 12. The van der Waals surface area contributed by atoms with Crippen LogP contribution in [-0.2, 0) is 0 Å². The maximum absolute atomic E-state index is 5.09. The summed E-state index contributed by atoms with van der Waals surface area (Å²) in [6.07, 6.45) is 23.1. The molecule has 72 heavy (non-hydrogen) atoms. The highest BCUT2D eigenvalue weighted by Crippen LogP contribution is 2.20. The fourth-order valence-corrected chi connectivity index (χ4v) is 7.69. The zero-order valence-electron chi connectivity index (χ0n) is 44.5. The molecule has 12 nitrogen and oxygen atoms in total. The molecule has 372 valence electrons. The van der Waals surface area contributed by atoms with Crippen LogP contribution in [0.25, 0.3) is 0 Å². The minimum atomic E-state index is -0.507. The Labute approximate surface area is 427 Å². The van der Waals surface area contributed by atoms with E-state index < -0.39 is 33.2 Å². The molecule has 4 aromatic carbocycles. The van der Waals surface area contributed by atoms with E-state index in [1.165, 1.54) is 0 Å². The van der Waals surface area contributed by atoms with Gasteiger partial charge in [0.05, 0.1) is 72.5 Å². The first-order valence-corrected chi connectivity index (χ1v) is 24.9. The molecule has 4 aliphatic heterocycles. The van der Waals surface area contributed by atoms with E-state index in [-0.39, 0.29) is 0 Å². The highest BCUT2D eigenvalue weighted by atomic mass is 14.9. The van der Waals surface area contributed by atoms with Gasteiger partial charge in [0.25, 0.3) is 0 Å². The molecule has 0 radical (unpaired) electrons. The molecule has 0 unspecified atom stereocenters. The minimum Gasteiger partial charge on any atom is -0.290 e. The Morgan fingerprint density at radius 1 is 0.194 bits per heavy atom.